The molecule has 1 aliphatic rings. The molecule has 1 aliphatic heterocycles. The first-order chi connectivity index (χ1) is 24.9. The van der Waals surface area contributed by atoms with Gasteiger partial charge in [-0.1, -0.05) is 77.9 Å². The Morgan fingerprint density at radius 2 is 1.49 bits per heavy atom. The molecule has 4 aromatic rings. The van der Waals surface area contributed by atoms with Gasteiger partial charge in [-0.3, -0.25) is 9.59 Å². The quantitative estimate of drug-likeness (QED) is 0.0607. The van der Waals surface area contributed by atoms with Gasteiger partial charge in [0.25, 0.3) is 0 Å². The van der Waals surface area contributed by atoms with Crippen molar-refractivity contribution in [3.05, 3.63) is 120 Å². The van der Waals surface area contributed by atoms with Gasteiger partial charge >= 0.3 is 0 Å². The maximum Gasteiger partial charge on any atom is 0.222 e. The first-order valence-electron chi connectivity index (χ1n) is 17.4. The number of aromatic nitrogens is 1. The lowest BCUT2D eigenvalue weighted by Crippen LogP contribution is -2.42. The molecule has 1 aromatic heterocycles. The number of rotatable bonds is 19. The van der Waals surface area contributed by atoms with Crippen LogP contribution in [0.15, 0.2) is 108 Å². The average molecular weight is 730 g/mol. The minimum atomic E-state index is -1.01. The number of aliphatic hydroxyl groups is 1. The molecule has 0 spiro atoms. The van der Waals surface area contributed by atoms with Crippen molar-refractivity contribution in [3.8, 4) is 11.5 Å². The molecule has 51 heavy (non-hydrogen) atoms. The van der Waals surface area contributed by atoms with E-state index in [1.807, 2.05) is 97.1 Å². The first kappa shape index (κ1) is 38.2. The van der Waals surface area contributed by atoms with Crippen molar-refractivity contribution in [1.82, 2.24) is 15.2 Å². The number of hydrogen-bond acceptors (Lipinski definition) is 9. The smallest absolute Gasteiger partial charge is 0.222 e. The number of unbranched alkanes of at least 4 members (excludes halogenated alkanes) is 2. The molecule has 9 nitrogen and oxygen atoms in total. The molecule has 2 atom stereocenters. The molecule has 1 saturated heterocycles. The molecule has 2 N–H and O–H groups in total. The van der Waals surface area contributed by atoms with E-state index in [2.05, 4.69) is 10.3 Å². The van der Waals surface area contributed by atoms with Gasteiger partial charge < -0.3 is 29.5 Å². The lowest BCUT2D eigenvalue weighted by Gasteiger charge is -2.38. The molecule has 0 saturated carbocycles. The van der Waals surface area contributed by atoms with E-state index in [0.29, 0.717) is 38.0 Å². The Labute approximate surface area is 308 Å². The highest BCUT2D eigenvalue weighted by molar-refractivity contribution is 8.76. The molecular weight excluding hydrogens is 683 g/mol. The number of pyridine rings is 1. The summed E-state index contributed by atoms with van der Waals surface area (Å²) in [7, 11) is 6.47. The fourth-order valence-electron chi connectivity index (χ4n) is 6.32. The Bertz CT molecular complexity index is 1600. The summed E-state index contributed by atoms with van der Waals surface area (Å²) >= 11 is 0. The van der Waals surface area contributed by atoms with Gasteiger partial charge in [0, 0.05) is 37.9 Å². The van der Waals surface area contributed by atoms with Crippen LogP contribution < -0.4 is 14.8 Å². The van der Waals surface area contributed by atoms with Gasteiger partial charge in [0.15, 0.2) is 0 Å². The zero-order valence-corrected chi connectivity index (χ0v) is 30.9. The van der Waals surface area contributed by atoms with Crippen LogP contribution in [0.1, 0.15) is 55.2 Å². The summed E-state index contributed by atoms with van der Waals surface area (Å²) in [6.07, 6.45) is 4.73. The van der Waals surface area contributed by atoms with Gasteiger partial charge in [-0.25, -0.2) is 4.98 Å². The van der Waals surface area contributed by atoms with Crippen LogP contribution >= 0.6 is 21.6 Å². The highest BCUT2D eigenvalue weighted by Crippen LogP contribution is 2.42. The maximum atomic E-state index is 13.5. The van der Waals surface area contributed by atoms with Crippen LogP contribution in [0.3, 0.4) is 0 Å². The number of methoxy groups -OCH3 is 2. The number of likely N-dealkylation sites (tertiary alicyclic amines) is 1. The Morgan fingerprint density at radius 1 is 0.843 bits per heavy atom. The predicted molar refractivity (Wildman–Crippen MR) is 203 cm³/mol. The van der Waals surface area contributed by atoms with Crippen molar-refractivity contribution in [2.75, 3.05) is 39.7 Å². The van der Waals surface area contributed by atoms with Crippen molar-refractivity contribution in [2.24, 2.45) is 0 Å². The van der Waals surface area contributed by atoms with Crippen molar-refractivity contribution in [2.45, 2.75) is 61.3 Å². The number of hydrogen-bond donors (Lipinski definition) is 2. The number of amides is 2. The number of nitrogens with zero attached hydrogens (tertiary/aromatic N) is 2. The van der Waals surface area contributed by atoms with Crippen LogP contribution in [-0.2, 0) is 19.9 Å². The first-order valence-corrected chi connectivity index (χ1v) is 19.7. The Morgan fingerprint density at radius 3 is 2.12 bits per heavy atom. The monoisotopic (exact) mass is 729 g/mol. The van der Waals surface area contributed by atoms with Crippen LogP contribution in [0, 0.1) is 0 Å². The second-order valence-electron chi connectivity index (χ2n) is 12.4. The fourth-order valence-corrected chi connectivity index (χ4v) is 8.19. The predicted octanol–water partition coefficient (Wildman–Crippen LogP) is 6.88. The molecule has 270 valence electrons. The van der Waals surface area contributed by atoms with E-state index < -0.39 is 11.7 Å². The van der Waals surface area contributed by atoms with E-state index in [1.54, 1.807) is 46.9 Å². The summed E-state index contributed by atoms with van der Waals surface area (Å²) in [6, 6.07) is 31.2. The minimum absolute atomic E-state index is 0.00539. The van der Waals surface area contributed by atoms with E-state index >= 15 is 0 Å². The van der Waals surface area contributed by atoms with Crippen molar-refractivity contribution < 1.29 is 28.9 Å². The van der Waals surface area contributed by atoms with E-state index in [-0.39, 0.29) is 31.0 Å². The molecule has 0 radical (unpaired) electrons. The van der Waals surface area contributed by atoms with Gasteiger partial charge in [-0.15, -0.1) is 0 Å². The molecule has 11 heteroatoms. The summed E-state index contributed by atoms with van der Waals surface area (Å²) in [4.78, 5) is 31.8. The van der Waals surface area contributed by atoms with Crippen LogP contribution in [0.4, 0.5) is 0 Å². The summed E-state index contributed by atoms with van der Waals surface area (Å²) in [5.41, 5.74) is 1.74. The molecule has 0 aliphatic carbocycles. The Hall–Kier alpha value is -4.03. The number of nitrogens with one attached hydrogen (secondary N) is 1. The molecular formula is C40H47N3O6S2. The summed E-state index contributed by atoms with van der Waals surface area (Å²) in [6.45, 7) is 1.09. The topological polar surface area (TPSA) is 110 Å². The average Bonchev–Trinajstić information content (AvgIpc) is 3.56. The summed E-state index contributed by atoms with van der Waals surface area (Å²) < 4.78 is 18.0. The van der Waals surface area contributed by atoms with E-state index in [1.165, 1.54) is 0 Å². The zero-order valence-electron chi connectivity index (χ0n) is 29.2. The second kappa shape index (κ2) is 19.5. The van der Waals surface area contributed by atoms with E-state index in [9.17, 15) is 14.7 Å². The number of aliphatic hydroxyl groups excluding tert-OH is 1. The molecule has 5 rings (SSSR count). The van der Waals surface area contributed by atoms with Crippen molar-refractivity contribution >= 4 is 33.4 Å². The summed E-state index contributed by atoms with van der Waals surface area (Å²) in [5.74, 6) is 2.22. The van der Waals surface area contributed by atoms with Gasteiger partial charge in [0.05, 0.1) is 33.0 Å². The van der Waals surface area contributed by atoms with Gasteiger partial charge in [0.2, 0.25) is 11.8 Å². The highest BCUT2D eigenvalue weighted by Gasteiger charge is 2.41. The van der Waals surface area contributed by atoms with Crippen LogP contribution in [-0.4, -0.2) is 78.6 Å². The number of carbonyl (C=O) groups is 2. The lowest BCUT2D eigenvalue weighted by molar-refractivity contribution is -0.134. The van der Waals surface area contributed by atoms with Crippen LogP contribution in [0.5, 0.6) is 11.5 Å². The largest absolute Gasteiger partial charge is 0.497 e. The number of carbonyl (C=O) groups excluding carboxylic acids is 2. The Balaban J connectivity index is 1.17. The molecule has 1 fully saturated rings. The molecule has 2 unspecified atom stereocenters. The number of β-amino-alcohol motifs (C(OH)–C–C–N with tert-alkyl or cyclic N) is 1. The summed E-state index contributed by atoms with van der Waals surface area (Å²) in [5, 5.41) is 14.6. The van der Waals surface area contributed by atoms with Crippen molar-refractivity contribution in [3.63, 3.8) is 0 Å². The molecule has 2 heterocycles. The van der Waals surface area contributed by atoms with Gasteiger partial charge in [0.1, 0.15) is 22.1 Å². The third kappa shape index (κ3) is 10.5. The zero-order chi connectivity index (χ0) is 35.9. The molecule has 2 amide bonds. The maximum absolute atomic E-state index is 13.5. The standard InChI is InChI=1S/C40H47N3O6S2/c1-47-35-19-15-31(16-20-35)40(30-11-5-3-6-12-30,32-17-21-36(48-2)22-18-32)49-29-33-27-34(44)28-43(33)39(46)14-7-4-9-24-41-37(45)23-26-50-51-38-13-8-10-25-42-38/h3,5-6,8,10-13,15-22,25,33-34,44H,4,7,9,14,23-24,26-29H2,1-2H3,(H,41,45). The van der Waals surface area contributed by atoms with Crippen LogP contribution in [0.25, 0.3) is 0 Å². The van der Waals surface area contributed by atoms with Gasteiger partial charge in [-0.05, 0) is 83.1 Å². The SMILES string of the molecule is COc1ccc(C(OCC2CC(O)CN2C(=O)CCCCCNC(=O)CCSSc2ccccn2)(c2ccccc2)c2ccc(OC)cc2)cc1. The minimum Gasteiger partial charge on any atom is -0.497 e. The van der Waals surface area contributed by atoms with E-state index in [4.69, 9.17) is 14.2 Å². The second-order valence-corrected chi connectivity index (χ2v) is 14.8. The number of benzene rings is 3. The third-order valence-corrected chi connectivity index (χ3v) is 11.2. The molecule has 3 aromatic carbocycles. The third-order valence-electron chi connectivity index (χ3n) is 8.96. The van der Waals surface area contributed by atoms with Crippen LogP contribution in [0.2, 0.25) is 0 Å². The number of ether oxygens (including phenoxy) is 3. The fraction of sp³-hybridized carbons (Fsp3) is 0.375. The normalized spacial score (nSPS) is 15.8. The molecule has 0 bridgehead atoms. The van der Waals surface area contributed by atoms with Gasteiger partial charge in [-0.2, -0.15) is 0 Å². The Kier molecular flexibility index (Phi) is 14.6. The van der Waals surface area contributed by atoms with E-state index in [0.717, 1.165) is 46.1 Å². The lowest BCUT2D eigenvalue weighted by atomic mass is 9.80. The van der Waals surface area contributed by atoms with Crippen molar-refractivity contribution in [1.29, 1.82) is 0 Å². The highest BCUT2D eigenvalue weighted by atomic mass is 33.1.